The average Bonchev–Trinajstić information content (AvgIpc) is 2.48. The molecule has 6 nitrogen and oxygen atoms in total. The summed E-state index contributed by atoms with van der Waals surface area (Å²) < 4.78 is 0. The number of hydrogen-bond donors (Lipinski definition) is 3. The maximum atomic E-state index is 10.0. The maximum Gasteiger partial charge on any atom is 0.330 e. The van der Waals surface area contributed by atoms with Crippen LogP contribution in [0.3, 0.4) is 0 Å². The fourth-order valence-corrected chi connectivity index (χ4v) is 0.150. The summed E-state index contributed by atoms with van der Waals surface area (Å²) >= 11 is 0. The van der Waals surface area contributed by atoms with E-state index in [0.717, 1.165) is 6.08 Å². The molecule has 0 heterocycles. The minimum Gasteiger partial charge on any atom is -0.478 e. The molecule has 0 saturated heterocycles. The summed E-state index contributed by atoms with van der Waals surface area (Å²) in [5.74, 6) is -1.29. The lowest BCUT2D eigenvalue weighted by Crippen LogP contribution is -2.20. The van der Waals surface area contributed by atoms with Gasteiger partial charge in [0.15, 0.2) is 0 Å². The number of aliphatic carboxylic acids is 1. The molecule has 3 N–H and O–H groups in total. The van der Waals surface area contributed by atoms with E-state index in [0.29, 0.717) is 0 Å². The fourth-order valence-electron chi connectivity index (χ4n) is 0.150. The molecule has 0 atom stereocenters. The molecule has 21 heavy (non-hydrogen) atoms. The van der Waals surface area contributed by atoms with E-state index < -0.39 is 5.97 Å². The van der Waals surface area contributed by atoms with Crippen LogP contribution in [0.4, 0.5) is 0 Å². The fraction of sp³-hybridized carbons (Fsp3) is 0.133. The number of carbonyl (C=O) groups is 2. The molecular weight excluding hydrogens is 272 g/mol. The summed E-state index contributed by atoms with van der Waals surface area (Å²) in [6.07, 6.45) is 5.55. The number of amides is 1. The first kappa shape index (κ1) is 26.6. The van der Waals surface area contributed by atoms with E-state index in [9.17, 15) is 9.59 Å². The van der Waals surface area contributed by atoms with Crippen LogP contribution in [0.5, 0.6) is 0 Å². The number of nitriles is 1. The van der Waals surface area contributed by atoms with Crippen molar-refractivity contribution < 1.29 is 19.8 Å². The zero-order valence-corrected chi connectivity index (χ0v) is 12.2. The van der Waals surface area contributed by atoms with Gasteiger partial charge in [0, 0.05) is 11.6 Å². The van der Waals surface area contributed by atoms with Crippen molar-refractivity contribution in [2.75, 3.05) is 6.73 Å². The lowest BCUT2D eigenvalue weighted by Gasteiger charge is -1.89. The predicted octanol–water partition coefficient (Wildman–Crippen LogP) is 1.94. The van der Waals surface area contributed by atoms with Crippen LogP contribution in [0, 0.1) is 11.3 Å². The third-order valence-electron chi connectivity index (χ3n) is 1.06. The molecule has 0 spiro atoms. The molecule has 0 aliphatic heterocycles. The number of rotatable bonds is 4. The Morgan fingerprint density at radius 1 is 1.24 bits per heavy atom. The number of carboxylic acids is 1. The topological polar surface area (TPSA) is 110 Å². The van der Waals surface area contributed by atoms with E-state index in [4.69, 9.17) is 15.5 Å². The third-order valence-corrected chi connectivity index (χ3v) is 1.06. The Hall–Kier alpha value is -2.91. The lowest BCUT2D eigenvalue weighted by molar-refractivity contribution is -0.132. The van der Waals surface area contributed by atoms with Gasteiger partial charge in [-0.25, -0.2) is 4.79 Å². The van der Waals surface area contributed by atoms with Gasteiger partial charge in [0.25, 0.3) is 0 Å². The Morgan fingerprint density at radius 2 is 1.57 bits per heavy atom. The molecular formula is C15H22N2O4. The lowest BCUT2D eigenvalue weighted by atomic mass is 10.4. The van der Waals surface area contributed by atoms with Crippen LogP contribution in [-0.4, -0.2) is 28.8 Å². The smallest absolute Gasteiger partial charge is 0.330 e. The van der Waals surface area contributed by atoms with Crippen LogP contribution in [0.1, 0.15) is 6.92 Å². The molecule has 0 bridgehead atoms. The van der Waals surface area contributed by atoms with E-state index in [-0.39, 0.29) is 18.2 Å². The van der Waals surface area contributed by atoms with Crippen LogP contribution in [0.2, 0.25) is 0 Å². The van der Waals surface area contributed by atoms with Gasteiger partial charge in [-0.15, -0.1) is 0 Å². The molecule has 1 amide bonds. The standard InChI is InChI=1S/C4H7NO2.C4H6O2.C4H6.C3H3N/c1-2-4(7)5-3-6;1-3(2)4(5)6;1-3-4-2;1-2-3-4/h2,6H,1,3H2,(H,5,7);1H2,2H3,(H,5,6);3-4H,1-2H2;2H,1H2. The molecule has 116 valence electrons. The largest absolute Gasteiger partial charge is 0.478 e. The second-order valence-electron chi connectivity index (χ2n) is 2.79. The zero-order chi connectivity index (χ0) is 17.7. The average molecular weight is 294 g/mol. The summed E-state index contributed by atoms with van der Waals surface area (Å²) in [5, 5.41) is 25.5. The monoisotopic (exact) mass is 294 g/mol. The Kier molecular flexibility index (Phi) is 32.7. The molecule has 0 aromatic rings. The summed E-state index contributed by atoms with van der Waals surface area (Å²) in [7, 11) is 0. The summed E-state index contributed by atoms with van der Waals surface area (Å²) in [4.78, 5) is 19.6. The molecule has 0 aliphatic carbocycles. The first-order valence-electron chi connectivity index (χ1n) is 5.42. The number of nitrogens with zero attached hydrogens (tertiary/aromatic N) is 1. The third kappa shape index (κ3) is 59.5. The van der Waals surface area contributed by atoms with E-state index in [1.54, 1.807) is 18.2 Å². The van der Waals surface area contributed by atoms with Crippen molar-refractivity contribution in [3.05, 3.63) is 62.8 Å². The van der Waals surface area contributed by atoms with E-state index in [1.165, 1.54) is 13.0 Å². The molecule has 0 saturated carbocycles. The van der Waals surface area contributed by atoms with Crippen molar-refractivity contribution in [2.24, 2.45) is 0 Å². The Morgan fingerprint density at radius 3 is 1.62 bits per heavy atom. The van der Waals surface area contributed by atoms with Crippen molar-refractivity contribution in [3.63, 3.8) is 0 Å². The van der Waals surface area contributed by atoms with Gasteiger partial charge in [-0.3, -0.25) is 4.79 Å². The minimum absolute atomic E-state index is 0.176. The quantitative estimate of drug-likeness (QED) is 0.317. The van der Waals surface area contributed by atoms with Crippen molar-refractivity contribution in [1.29, 1.82) is 5.26 Å². The van der Waals surface area contributed by atoms with Crippen LogP contribution >= 0.6 is 0 Å². The van der Waals surface area contributed by atoms with Crippen molar-refractivity contribution >= 4 is 11.9 Å². The maximum absolute atomic E-state index is 10.0. The first-order chi connectivity index (χ1) is 9.78. The highest BCUT2D eigenvalue weighted by Gasteiger charge is 1.90. The van der Waals surface area contributed by atoms with Gasteiger partial charge in [-0.1, -0.05) is 45.0 Å². The molecule has 0 rings (SSSR count). The van der Waals surface area contributed by atoms with E-state index in [1.807, 2.05) is 0 Å². The van der Waals surface area contributed by atoms with Gasteiger partial charge >= 0.3 is 5.97 Å². The summed E-state index contributed by atoms with van der Waals surface area (Å²) in [6.45, 7) is 17.3. The van der Waals surface area contributed by atoms with Gasteiger partial charge in [0.2, 0.25) is 5.91 Å². The number of carboxylic acid groups (broad SMARTS) is 1. The van der Waals surface area contributed by atoms with Gasteiger partial charge in [0.1, 0.15) is 6.73 Å². The highest BCUT2D eigenvalue weighted by atomic mass is 16.4. The van der Waals surface area contributed by atoms with Gasteiger partial charge in [0.05, 0.1) is 6.07 Å². The molecule has 0 fully saturated rings. The number of allylic oxidation sites excluding steroid dienone is 3. The summed E-state index contributed by atoms with van der Waals surface area (Å²) in [5.41, 5.74) is 0.176. The number of nitrogens with one attached hydrogen (secondary N) is 1. The predicted molar refractivity (Wildman–Crippen MR) is 84.1 cm³/mol. The Bertz CT molecular complexity index is 375. The number of aliphatic hydroxyl groups is 1. The van der Waals surface area contributed by atoms with Gasteiger partial charge in [-0.05, 0) is 13.0 Å². The highest BCUT2D eigenvalue weighted by molar-refractivity contribution is 5.86. The van der Waals surface area contributed by atoms with Gasteiger partial charge < -0.3 is 15.5 Å². The molecule has 0 aromatic heterocycles. The SMILES string of the molecule is C=C(C)C(=O)O.C=CC#N.C=CC(=O)NCO.C=CC=C. The zero-order valence-electron chi connectivity index (χ0n) is 12.2. The molecule has 0 unspecified atom stereocenters. The van der Waals surface area contributed by atoms with Gasteiger partial charge in [-0.2, -0.15) is 5.26 Å². The molecule has 0 aliphatic rings. The normalized spacial score (nSPS) is 6.33. The van der Waals surface area contributed by atoms with Crippen LogP contribution in [0.25, 0.3) is 0 Å². The minimum atomic E-state index is -0.935. The van der Waals surface area contributed by atoms with E-state index >= 15 is 0 Å². The van der Waals surface area contributed by atoms with Crippen molar-refractivity contribution in [2.45, 2.75) is 6.92 Å². The molecule has 0 aromatic carbocycles. The Balaban J connectivity index is -0.0000000948. The highest BCUT2D eigenvalue weighted by Crippen LogP contribution is 1.81. The van der Waals surface area contributed by atoms with Crippen LogP contribution in [0.15, 0.2) is 62.8 Å². The first-order valence-corrected chi connectivity index (χ1v) is 5.42. The summed E-state index contributed by atoms with van der Waals surface area (Å²) in [6, 6.07) is 1.69. The number of aliphatic hydroxyl groups excluding tert-OH is 1. The van der Waals surface area contributed by atoms with Crippen molar-refractivity contribution in [3.8, 4) is 6.07 Å². The second-order valence-corrected chi connectivity index (χ2v) is 2.79. The van der Waals surface area contributed by atoms with Crippen LogP contribution < -0.4 is 5.32 Å². The van der Waals surface area contributed by atoms with Crippen LogP contribution in [-0.2, 0) is 9.59 Å². The number of carbonyl (C=O) groups excluding carboxylic acids is 1. The molecule has 6 heteroatoms. The molecule has 0 radical (unpaired) electrons. The van der Waals surface area contributed by atoms with E-state index in [2.05, 4.69) is 38.2 Å². The number of hydrogen-bond acceptors (Lipinski definition) is 4. The van der Waals surface area contributed by atoms with Crippen molar-refractivity contribution in [1.82, 2.24) is 5.32 Å². The second kappa shape index (κ2) is 25.8. The Labute approximate surface area is 125 Å².